The maximum absolute atomic E-state index is 13.3. The average Bonchev–Trinajstić information content (AvgIpc) is 3.31. The van der Waals surface area contributed by atoms with Crippen molar-refractivity contribution in [1.29, 1.82) is 0 Å². The molecule has 1 spiro atoms. The van der Waals surface area contributed by atoms with E-state index in [1.807, 2.05) is 36.4 Å². The molecule has 2 fully saturated rings. The number of piperidine rings is 1. The number of benzene rings is 1. The Bertz CT molecular complexity index is 785. The zero-order valence-corrected chi connectivity index (χ0v) is 15.2. The molecule has 2 amide bonds. The molecule has 7 heteroatoms. The van der Waals surface area contributed by atoms with Crippen LogP contribution in [0.1, 0.15) is 18.6 Å². The van der Waals surface area contributed by atoms with Crippen LogP contribution in [0.25, 0.3) is 0 Å². The first-order chi connectivity index (χ1) is 13.2. The molecular weight excluding hydrogens is 344 g/mol. The maximum atomic E-state index is 13.3. The Morgan fingerprint density at radius 3 is 2.63 bits per heavy atom. The molecule has 2 N–H and O–H groups in total. The van der Waals surface area contributed by atoms with Gasteiger partial charge in [-0.3, -0.25) is 9.59 Å². The fourth-order valence-electron chi connectivity index (χ4n) is 3.99. The number of nitrogens with zero attached hydrogens (tertiary/aromatic N) is 2. The molecule has 1 aromatic carbocycles. The molecule has 2 aliphatic rings. The first kappa shape index (κ1) is 17.6. The fraction of sp³-hybridized carbons (Fsp3) is 0.400. The average molecular weight is 368 g/mol. The van der Waals surface area contributed by atoms with E-state index in [1.165, 1.54) is 0 Å². The second kappa shape index (κ2) is 7.44. The molecule has 0 saturated carbocycles. The van der Waals surface area contributed by atoms with Crippen LogP contribution in [0.4, 0.5) is 5.69 Å². The van der Waals surface area contributed by atoms with Gasteiger partial charge in [-0.05, 0) is 50.2 Å². The Morgan fingerprint density at radius 1 is 1.15 bits per heavy atom. The first-order valence-corrected chi connectivity index (χ1v) is 9.31. The van der Waals surface area contributed by atoms with Gasteiger partial charge in [0.25, 0.3) is 0 Å². The molecule has 27 heavy (non-hydrogen) atoms. The molecule has 4 rings (SSSR count). The highest BCUT2D eigenvalue weighted by Crippen LogP contribution is 2.37. The van der Waals surface area contributed by atoms with E-state index in [2.05, 4.69) is 15.5 Å². The Morgan fingerprint density at radius 2 is 1.93 bits per heavy atom. The van der Waals surface area contributed by atoms with Crippen molar-refractivity contribution >= 4 is 17.5 Å². The highest BCUT2D eigenvalue weighted by atomic mass is 16.3. The van der Waals surface area contributed by atoms with Crippen molar-refractivity contribution in [3.63, 3.8) is 0 Å². The van der Waals surface area contributed by atoms with Crippen LogP contribution in [0.3, 0.4) is 0 Å². The summed E-state index contributed by atoms with van der Waals surface area (Å²) in [7, 11) is 0. The van der Waals surface area contributed by atoms with Crippen molar-refractivity contribution in [2.24, 2.45) is 0 Å². The van der Waals surface area contributed by atoms with Crippen molar-refractivity contribution in [1.82, 2.24) is 15.5 Å². The molecule has 2 aromatic rings. The van der Waals surface area contributed by atoms with E-state index in [9.17, 15) is 9.59 Å². The van der Waals surface area contributed by atoms with Crippen LogP contribution in [-0.4, -0.2) is 48.6 Å². The van der Waals surface area contributed by atoms with Crippen molar-refractivity contribution in [3.8, 4) is 0 Å². The number of amides is 2. The molecule has 0 bridgehead atoms. The van der Waals surface area contributed by atoms with Gasteiger partial charge in [0.1, 0.15) is 17.8 Å². The van der Waals surface area contributed by atoms with Gasteiger partial charge in [0, 0.05) is 5.69 Å². The van der Waals surface area contributed by atoms with Gasteiger partial charge in [-0.15, -0.1) is 0 Å². The van der Waals surface area contributed by atoms with Crippen LogP contribution in [-0.2, 0) is 16.1 Å². The number of anilines is 1. The quantitative estimate of drug-likeness (QED) is 0.832. The van der Waals surface area contributed by atoms with Gasteiger partial charge in [-0.2, -0.15) is 0 Å². The van der Waals surface area contributed by atoms with E-state index < -0.39 is 5.54 Å². The van der Waals surface area contributed by atoms with Gasteiger partial charge >= 0.3 is 0 Å². The normalized spacial score (nSPS) is 18.9. The van der Waals surface area contributed by atoms with Gasteiger partial charge < -0.3 is 24.9 Å². The van der Waals surface area contributed by atoms with Crippen molar-refractivity contribution in [2.75, 3.05) is 31.2 Å². The third-order valence-corrected chi connectivity index (χ3v) is 5.39. The lowest BCUT2D eigenvalue weighted by molar-refractivity contribution is -0.136. The molecule has 2 saturated heterocycles. The molecule has 2 aliphatic heterocycles. The van der Waals surface area contributed by atoms with E-state index in [0.29, 0.717) is 19.0 Å². The lowest BCUT2D eigenvalue weighted by Crippen LogP contribution is -2.55. The molecule has 142 valence electrons. The number of carbonyl (C=O) groups excluding carboxylic acids is 2. The summed E-state index contributed by atoms with van der Waals surface area (Å²) in [4.78, 5) is 29.5. The molecule has 0 atom stereocenters. The summed E-state index contributed by atoms with van der Waals surface area (Å²) in [5, 5.41) is 6.15. The Hall–Kier alpha value is -2.80. The van der Waals surface area contributed by atoms with E-state index in [1.54, 1.807) is 17.2 Å². The maximum Gasteiger partial charge on any atom is 0.250 e. The van der Waals surface area contributed by atoms with Crippen LogP contribution < -0.4 is 15.5 Å². The second-order valence-electron chi connectivity index (χ2n) is 7.05. The van der Waals surface area contributed by atoms with E-state index in [-0.39, 0.29) is 18.4 Å². The summed E-state index contributed by atoms with van der Waals surface area (Å²) in [6.07, 6.45) is 3.06. The topological polar surface area (TPSA) is 77.8 Å². The number of hydrogen-bond donors (Lipinski definition) is 2. The summed E-state index contributed by atoms with van der Waals surface area (Å²) >= 11 is 0. The minimum atomic E-state index is -0.562. The molecule has 0 radical (unpaired) electrons. The second-order valence-corrected chi connectivity index (χ2v) is 7.05. The fourth-order valence-corrected chi connectivity index (χ4v) is 3.99. The number of carbonyl (C=O) groups is 2. The standard InChI is InChI=1S/C20H24N4O3/c25-18(22-13-17-7-4-12-27-17)14-23-15-24(16-5-2-1-3-6-16)20(19(23)26)8-10-21-11-9-20/h1-7,12,21H,8-11,13-15H2,(H,22,25). The minimum absolute atomic E-state index is 0.0426. The van der Waals surface area contributed by atoms with Crippen molar-refractivity contribution in [3.05, 3.63) is 54.5 Å². The predicted molar refractivity (Wildman–Crippen MR) is 101 cm³/mol. The largest absolute Gasteiger partial charge is 0.467 e. The number of rotatable bonds is 5. The smallest absolute Gasteiger partial charge is 0.250 e. The van der Waals surface area contributed by atoms with Crippen molar-refractivity contribution in [2.45, 2.75) is 24.9 Å². The molecule has 3 heterocycles. The summed E-state index contributed by atoms with van der Waals surface area (Å²) in [6, 6.07) is 13.6. The van der Waals surface area contributed by atoms with E-state index >= 15 is 0 Å². The predicted octanol–water partition coefficient (Wildman–Crippen LogP) is 1.32. The van der Waals surface area contributed by atoms with Crippen LogP contribution in [0, 0.1) is 0 Å². The van der Waals surface area contributed by atoms with E-state index in [4.69, 9.17) is 4.42 Å². The van der Waals surface area contributed by atoms with Crippen LogP contribution >= 0.6 is 0 Å². The van der Waals surface area contributed by atoms with Gasteiger partial charge in [-0.25, -0.2) is 0 Å². The molecule has 0 unspecified atom stereocenters. The van der Waals surface area contributed by atoms with Gasteiger partial charge in [0.15, 0.2) is 0 Å². The van der Waals surface area contributed by atoms with Gasteiger partial charge in [0.2, 0.25) is 11.8 Å². The number of para-hydroxylation sites is 1. The number of hydrogen-bond acceptors (Lipinski definition) is 5. The lowest BCUT2D eigenvalue weighted by atomic mass is 9.86. The van der Waals surface area contributed by atoms with E-state index in [0.717, 1.165) is 31.6 Å². The SMILES string of the molecule is O=C(CN1CN(c2ccccc2)C2(CCNCC2)C1=O)NCc1ccco1. The summed E-state index contributed by atoms with van der Waals surface area (Å²) < 4.78 is 5.23. The third-order valence-electron chi connectivity index (χ3n) is 5.39. The minimum Gasteiger partial charge on any atom is -0.467 e. The van der Waals surface area contributed by atoms with Crippen LogP contribution in [0.15, 0.2) is 53.1 Å². The molecule has 0 aliphatic carbocycles. The number of nitrogens with one attached hydrogen (secondary N) is 2. The Kier molecular flexibility index (Phi) is 4.85. The third kappa shape index (κ3) is 3.42. The van der Waals surface area contributed by atoms with Gasteiger partial charge in [0.05, 0.1) is 19.5 Å². The summed E-state index contributed by atoms with van der Waals surface area (Å²) in [5.74, 6) is 0.552. The number of furan rings is 1. The highest BCUT2D eigenvalue weighted by Gasteiger charge is 2.52. The van der Waals surface area contributed by atoms with Crippen LogP contribution in [0.5, 0.6) is 0 Å². The molecule has 1 aromatic heterocycles. The summed E-state index contributed by atoms with van der Waals surface area (Å²) in [6.45, 7) is 2.40. The Labute approximate surface area is 158 Å². The van der Waals surface area contributed by atoms with Crippen molar-refractivity contribution < 1.29 is 14.0 Å². The highest BCUT2D eigenvalue weighted by molar-refractivity contribution is 5.96. The first-order valence-electron chi connectivity index (χ1n) is 9.31. The lowest BCUT2D eigenvalue weighted by Gasteiger charge is -2.40. The van der Waals surface area contributed by atoms with Gasteiger partial charge in [-0.1, -0.05) is 18.2 Å². The molecule has 7 nitrogen and oxygen atoms in total. The zero-order chi connectivity index (χ0) is 18.7. The zero-order valence-electron chi connectivity index (χ0n) is 15.2. The summed E-state index contributed by atoms with van der Waals surface area (Å²) in [5.41, 5.74) is 0.458. The van der Waals surface area contributed by atoms with Crippen LogP contribution in [0.2, 0.25) is 0 Å². The molecular formula is C20H24N4O3. The monoisotopic (exact) mass is 368 g/mol. The Balaban J connectivity index is 1.49.